The van der Waals surface area contributed by atoms with Gasteiger partial charge in [0, 0.05) is 6.04 Å². The van der Waals surface area contributed by atoms with Crippen LogP contribution in [0.1, 0.15) is 18.5 Å². The van der Waals surface area contributed by atoms with E-state index in [1.165, 1.54) is 29.2 Å². The standard InChI is InChI=1S/C10H10FN3S2/c1-6(12)7-2-3-9(8(11)4-7)16-10-14-13-5-15-10/h2-6H,12H2,1H3. The molecule has 1 heterocycles. The molecule has 3 nitrogen and oxygen atoms in total. The van der Waals surface area contributed by atoms with E-state index in [4.69, 9.17) is 5.73 Å². The summed E-state index contributed by atoms with van der Waals surface area (Å²) in [5, 5.41) is 7.55. The molecule has 0 radical (unpaired) electrons. The zero-order chi connectivity index (χ0) is 11.5. The van der Waals surface area contributed by atoms with Crippen molar-refractivity contribution in [3.63, 3.8) is 0 Å². The van der Waals surface area contributed by atoms with Crippen LogP contribution >= 0.6 is 23.1 Å². The molecule has 2 rings (SSSR count). The van der Waals surface area contributed by atoms with Crippen LogP contribution in [-0.4, -0.2) is 10.2 Å². The molecule has 84 valence electrons. The lowest BCUT2D eigenvalue weighted by Gasteiger charge is -2.07. The Morgan fingerprint density at radius 2 is 2.31 bits per heavy atom. The smallest absolute Gasteiger partial charge is 0.178 e. The van der Waals surface area contributed by atoms with Crippen LogP contribution in [0.15, 0.2) is 32.9 Å². The second-order valence-corrected chi connectivity index (χ2v) is 5.41. The van der Waals surface area contributed by atoms with Gasteiger partial charge in [0.2, 0.25) is 0 Å². The number of nitrogens with two attached hydrogens (primary N) is 1. The van der Waals surface area contributed by atoms with Crippen LogP contribution in [0.5, 0.6) is 0 Å². The highest BCUT2D eigenvalue weighted by Crippen LogP contribution is 2.31. The molecule has 0 saturated heterocycles. The largest absolute Gasteiger partial charge is 0.324 e. The lowest BCUT2D eigenvalue weighted by atomic mass is 10.1. The molecule has 1 atom stereocenters. The minimum atomic E-state index is -0.269. The van der Waals surface area contributed by atoms with E-state index in [9.17, 15) is 4.39 Å². The third-order valence-electron chi connectivity index (χ3n) is 2.02. The van der Waals surface area contributed by atoms with Crippen LogP contribution in [0.4, 0.5) is 4.39 Å². The predicted molar refractivity (Wildman–Crippen MR) is 63.0 cm³/mol. The minimum Gasteiger partial charge on any atom is -0.324 e. The lowest BCUT2D eigenvalue weighted by Crippen LogP contribution is -2.05. The average Bonchev–Trinajstić information content (AvgIpc) is 2.73. The maximum Gasteiger partial charge on any atom is 0.178 e. The zero-order valence-electron chi connectivity index (χ0n) is 8.55. The summed E-state index contributed by atoms with van der Waals surface area (Å²) >= 11 is 2.66. The lowest BCUT2D eigenvalue weighted by molar-refractivity contribution is 0.596. The molecule has 0 bridgehead atoms. The summed E-state index contributed by atoms with van der Waals surface area (Å²) in [6.45, 7) is 1.83. The van der Waals surface area contributed by atoms with Crippen molar-refractivity contribution in [2.75, 3.05) is 0 Å². The van der Waals surface area contributed by atoms with Gasteiger partial charge >= 0.3 is 0 Å². The van der Waals surface area contributed by atoms with Crippen LogP contribution in [0.25, 0.3) is 0 Å². The molecule has 2 N–H and O–H groups in total. The van der Waals surface area contributed by atoms with Gasteiger partial charge in [0.1, 0.15) is 11.3 Å². The molecule has 0 amide bonds. The van der Waals surface area contributed by atoms with E-state index in [-0.39, 0.29) is 11.9 Å². The Morgan fingerprint density at radius 3 is 2.88 bits per heavy atom. The molecule has 0 fully saturated rings. The number of aromatic nitrogens is 2. The molecule has 0 saturated carbocycles. The van der Waals surface area contributed by atoms with E-state index in [0.29, 0.717) is 4.90 Å². The van der Waals surface area contributed by atoms with Crippen LogP contribution < -0.4 is 5.73 Å². The summed E-state index contributed by atoms with van der Waals surface area (Å²) in [6.07, 6.45) is 0. The Hall–Kier alpha value is -0.980. The number of halogens is 1. The van der Waals surface area contributed by atoms with Crippen molar-refractivity contribution < 1.29 is 4.39 Å². The molecule has 0 aliphatic rings. The van der Waals surface area contributed by atoms with Gasteiger partial charge < -0.3 is 5.73 Å². The normalized spacial score (nSPS) is 12.7. The maximum absolute atomic E-state index is 13.7. The van der Waals surface area contributed by atoms with Crippen LogP contribution in [0, 0.1) is 5.82 Å². The van der Waals surface area contributed by atoms with Gasteiger partial charge in [0.15, 0.2) is 4.34 Å². The first-order valence-electron chi connectivity index (χ1n) is 4.66. The van der Waals surface area contributed by atoms with Gasteiger partial charge in [-0.3, -0.25) is 0 Å². The quantitative estimate of drug-likeness (QED) is 0.916. The molecule has 0 aliphatic heterocycles. The number of hydrogen-bond acceptors (Lipinski definition) is 5. The summed E-state index contributed by atoms with van der Waals surface area (Å²) in [4.78, 5) is 0.543. The summed E-state index contributed by atoms with van der Waals surface area (Å²) in [5.74, 6) is -0.269. The summed E-state index contributed by atoms with van der Waals surface area (Å²) in [7, 11) is 0. The van der Waals surface area contributed by atoms with E-state index in [2.05, 4.69) is 10.2 Å². The summed E-state index contributed by atoms with van der Waals surface area (Å²) in [6, 6.07) is 4.86. The van der Waals surface area contributed by atoms with E-state index < -0.39 is 0 Å². The highest BCUT2D eigenvalue weighted by atomic mass is 32.2. The highest BCUT2D eigenvalue weighted by molar-refractivity contribution is 8.01. The summed E-state index contributed by atoms with van der Waals surface area (Å²) in [5.41, 5.74) is 8.09. The van der Waals surface area contributed by atoms with Gasteiger partial charge in [0.25, 0.3) is 0 Å². The number of nitrogens with zero attached hydrogens (tertiary/aromatic N) is 2. The van der Waals surface area contributed by atoms with Gasteiger partial charge in [-0.15, -0.1) is 10.2 Å². The van der Waals surface area contributed by atoms with Gasteiger partial charge in [-0.25, -0.2) is 4.39 Å². The first kappa shape index (κ1) is 11.5. The fraction of sp³-hybridized carbons (Fsp3) is 0.200. The van der Waals surface area contributed by atoms with Crippen molar-refractivity contribution in [2.24, 2.45) is 5.73 Å². The van der Waals surface area contributed by atoms with Crippen molar-refractivity contribution in [3.8, 4) is 0 Å². The van der Waals surface area contributed by atoms with E-state index in [1.807, 2.05) is 13.0 Å². The Labute approximate surface area is 101 Å². The van der Waals surface area contributed by atoms with Crippen molar-refractivity contribution in [1.29, 1.82) is 0 Å². The van der Waals surface area contributed by atoms with Gasteiger partial charge in [0.05, 0.1) is 4.90 Å². The molecule has 1 unspecified atom stereocenters. The Morgan fingerprint density at radius 1 is 1.50 bits per heavy atom. The highest BCUT2D eigenvalue weighted by Gasteiger charge is 2.09. The molecular formula is C10H10FN3S2. The molecule has 0 aliphatic carbocycles. The van der Waals surface area contributed by atoms with Gasteiger partial charge in [-0.05, 0) is 24.6 Å². The molecular weight excluding hydrogens is 245 g/mol. The Kier molecular flexibility index (Phi) is 3.52. The van der Waals surface area contributed by atoms with Crippen LogP contribution in [0.3, 0.4) is 0 Å². The average molecular weight is 255 g/mol. The van der Waals surface area contributed by atoms with Crippen molar-refractivity contribution >= 4 is 23.1 Å². The second kappa shape index (κ2) is 4.90. The predicted octanol–water partition coefficient (Wildman–Crippen LogP) is 2.85. The maximum atomic E-state index is 13.7. The molecule has 1 aromatic heterocycles. The van der Waals surface area contributed by atoms with Gasteiger partial charge in [-0.2, -0.15) is 0 Å². The fourth-order valence-corrected chi connectivity index (χ4v) is 2.62. The molecule has 1 aromatic carbocycles. The SMILES string of the molecule is CC(N)c1ccc(Sc2nncs2)c(F)c1. The molecule has 2 aromatic rings. The Balaban J connectivity index is 2.23. The second-order valence-electron chi connectivity index (χ2n) is 3.29. The number of hydrogen-bond donors (Lipinski definition) is 1. The fourth-order valence-electron chi connectivity index (χ4n) is 1.18. The first-order valence-corrected chi connectivity index (χ1v) is 6.35. The van der Waals surface area contributed by atoms with E-state index in [1.54, 1.807) is 11.6 Å². The topological polar surface area (TPSA) is 51.8 Å². The van der Waals surface area contributed by atoms with E-state index >= 15 is 0 Å². The number of benzene rings is 1. The van der Waals surface area contributed by atoms with Crippen LogP contribution in [-0.2, 0) is 0 Å². The number of rotatable bonds is 3. The van der Waals surface area contributed by atoms with Gasteiger partial charge in [-0.1, -0.05) is 29.2 Å². The zero-order valence-corrected chi connectivity index (χ0v) is 10.2. The third-order valence-corrected chi connectivity index (χ3v) is 3.85. The first-order chi connectivity index (χ1) is 7.66. The summed E-state index contributed by atoms with van der Waals surface area (Å²) < 4.78 is 14.4. The molecule has 6 heteroatoms. The minimum absolute atomic E-state index is 0.157. The Bertz CT molecular complexity index is 471. The van der Waals surface area contributed by atoms with Crippen molar-refractivity contribution in [2.45, 2.75) is 22.2 Å². The van der Waals surface area contributed by atoms with E-state index in [0.717, 1.165) is 9.90 Å². The van der Waals surface area contributed by atoms with Crippen LogP contribution in [0.2, 0.25) is 0 Å². The molecule has 0 spiro atoms. The molecule has 16 heavy (non-hydrogen) atoms. The monoisotopic (exact) mass is 255 g/mol. The van der Waals surface area contributed by atoms with Crippen molar-refractivity contribution in [3.05, 3.63) is 35.1 Å². The third kappa shape index (κ3) is 2.58. The van der Waals surface area contributed by atoms with Crippen molar-refractivity contribution in [1.82, 2.24) is 10.2 Å².